The zero-order valence-corrected chi connectivity index (χ0v) is 11.8. The Bertz CT molecular complexity index is 358. The van der Waals surface area contributed by atoms with Gasteiger partial charge in [0.1, 0.15) is 0 Å². The first-order valence-corrected chi connectivity index (χ1v) is 6.48. The van der Waals surface area contributed by atoms with E-state index in [2.05, 4.69) is 50.0 Å². The van der Waals surface area contributed by atoms with Crippen molar-refractivity contribution in [3.05, 3.63) is 48.0 Å². The second-order valence-electron chi connectivity index (χ2n) is 5.19. The summed E-state index contributed by atoms with van der Waals surface area (Å²) in [6.07, 6.45) is 3.06. The maximum atomic E-state index is 5.03. The molecule has 0 heterocycles. The van der Waals surface area contributed by atoms with E-state index in [-0.39, 0.29) is 5.41 Å². The highest BCUT2D eigenvalue weighted by molar-refractivity contribution is 5.23. The first-order chi connectivity index (χ1) is 8.59. The molecule has 0 spiro atoms. The molecule has 2 heteroatoms. The summed E-state index contributed by atoms with van der Waals surface area (Å²) in [4.78, 5) is 0. The van der Waals surface area contributed by atoms with Gasteiger partial charge < -0.3 is 10.1 Å². The molecule has 0 bridgehead atoms. The Labute approximate surface area is 111 Å². The van der Waals surface area contributed by atoms with E-state index in [0.29, 0.717) is 0 Å². The number of methoxy groups -OCH3 is 1. The molecule has 1 aromatic rings. The van der Waals surface area contributed by atoms with E-state index in [4.69, 9.17) is 4.74 Å². The van der Waals surface area contributed by atoms with E-state index in [1.54, 1.807) is 7.11 Å². The molecule has 1 unspecified atom stereocenters. The highest BCUT2D eigenvalue weighted by Crippen LogP contribution is 2.23. The normalized spacial score (nSPS) is 14.2. The molecule has 1 atom stereocenters. The third-order valence-electron chi connectivity index (χ3n) is 3.23. The zero-order chi connectivity index (χ0) is 13.4. The fraction of sp³-hybridized carbons (Fsp3) is 0.500. The lowest BCUT2D eigenvalue weighted by molar-refractivity contribution is 0.196. The summed E-state index contributed by atoms with van der Waals surface area (Å²) >= 11 is 0. The van der Waals surface area contributed by atoms with Crippen molar-refractivity contribution in [2.75, 3.05) is 26.8 Å². The predicted molar refractivity (Wildman–Crippen MR) is 77.9 cm³/mol. The molecule has 2 nitrogen and oxygen atoms in total. The summed E-state index contributed by atoms with van der Waals surface area (Å²) < 4.78 is 5.03. The number of hydrogen-bond acceptors (Lipinski definition) is 2. The lowest BCUT2D eigenvalue weighted by atomic mass is 9.83. The zero-order valence-electron chi connectivity index (χ0n) is 11.8. The van der Waals surface area contributed by atoms with E-state index in [9.17, 15) is 0 Å². The maximum absolute atomic E-state index is 5.03. The van der Waals surface area contributed by atoms with Gasteiger partial charge in [0.15, 0.2) is 0 Å². The average Bonchev–Trinajstić information content (AvgIpc) is 2.38. The SMILES string of the molecule is C=CC(C)(CNCCOC)Cc1ccc(C)cc1. The third kappa shape index (κ3) is 5.03. The van der Waals surface area contributed by atoms with Crippen molar-refractivity contribution in [1.82, 2.24) is 5.32 Å². The second-order valence-corrected chi connectivity index (χ2v) is 5.19. The summed E-state index contributed by atoms with van der Waals surface area (Å²) in [5, 5.41) is 3.41. The van der Waals surface area contributed by atoms with Crippen LogP contribution in [0.1, 0.15) is 18.1 Å². The predicted octanol–water partition coefficient (Wildman–Crippen LogP) is 2.97. The van der Waals surface area contributed by atoms with E-state index >= 15 is 0 Å². The monoisotopic (exact) mass is 247 g/mol. The van der Waals surface area contributed by atoms with Crippen LogP contribution >= 0.6 is 0 Å². The Morgan fingerprint density at radius 3 is 2.56 bits per heavy atom. The lowest BCUT2D eigenvalue weighted by Gasteiger charge is -2.26. The lowest BCUT2D eigenvalue weighted by Crippen LogP contribution is -2.33. The molecular formula is C16H25NO. The Balaban J connectivity index is 2.53. The van der Waals surface area contributed by atoms with Gasteiger partial charge in [0.05, 0.1) is 6.61 Å². The third-order valence-corrected chi connectivity index (χ3v) is 3.23. The average molecular weight is 247 g/mol. The highest BCUT2D eigenvalue weighted by Gasteiger charge is 2.20. The molecule has 0 fully saturated rings. The molecule has 0 amide bonds. The van der Waals surface area contributed by atoms with Crippen LogP contribution in [-0.4, -0.2) is 26.8 Å². The van der Waals surface area contributed by atoms with Crippen LogP contribution in [0.4, 0.5) is 0 Å². The molecule has 0 aromatic heterocycles. The molecule has 0 aliphatic heterocycles. The Kier molecular flexibility index (Phi) is 6.10. The molecular weight excluding hydrogens is 222 g/mol. The first kappa shape index (κ1) is 14.9. The topological polar surface area (TPSA) is 21.3 Å². The van der Waals surface area contributed by atoms with Gasteiger partial charge in [-0.15, -0.1) is 6.58 Å². The number of nitrogens with one attached hydrogen (secondary N) is 1. The summed E-state index contributed by atoms with van der Waals surface area (Å²) in [7, 11) is 1.72. The number of benzene rings is 1. The van der Waals surface area contributed by atoms with Gasteiger partial charge in [0.25, 0.3) is 0 Å². The molecule has 100 valence electrons. The molecule has 0 aliphatic rings. The van der Waals surface area contributed by atoms with Gasteiger partial charge in [-0.3, -0.25) is 0 Å². The van der Waals surface area contributed by atoms with Crippen molar-refractivity contribution in [3.63, 3.8) is 0 Å². The minimum Gasteiger partial charge on any atom is -0.383 e. The Morgan fingerprint density at radius 1 is 1.33 bits per heavy atom. The molecule has 18 heavy (non-hydrogen) atoms. The Morgan fingerprint density at radius 2 is 2.00 bits per heavy atom. The van der Waals surface area contributed by atoms with E-state index in [0.717, 1.165) is 26.1 Å². The van der Waals surface area contributed by atoms with E-state index < -0.39 is 0 Å². The minimum atomic E-state index is 0.0863. The van der Waals surface area contributed by atoms with Gasteiger partial charge in [-0.25, -0.2) is 0 Å². The first-order valence-electron chi connectivity index (χ1n) is 6.48. The molecule has 0 saturated carbocycles. The minimum absolute atomic E-state index is 0.0863. The quantitative estimate of drug-likeness (QED) is 0.563. The van der Waals surface area contributed by atoms with Crippen molar-refractivity contribution in [3.8, 4) is 0 Å². The fourth-order valence-electron chi connectivity index (χ4n) is 1.93. The number of aryl methyl sites for hydroxylation is 1. The highest BCUT2D eigenvalue weighted by atomic mass is 16.5. The van der Waals surface area contributed by atoms with Crippen molar-refractivity contribution in [2.45, 2.75) is 20.3 Å². The standard InChI is InChI=1S/C16H25NO/c1-5-16(3,13-17-10-11-18-4)12-15-8-6-14(2)7-9-15/h5-9,17H,1,10-13H2,2-4H3. The largest absolute Gasteiger partial charge is 0.383 e. The smallest absolute Gasteiger partial charge is 0.0587 e. The van der Waals surface area contributed by atoms with Crippen LogP contribution in [0, 0.1) is 12.3 Å². The van der Waals surface area contributed by atoms with E-state index in [1.165, 1.54) is 11.1 Å². The van der Waals surface area contributed by atoms with Crippen LogP contribution in [0.2, 0.25) is 0 Å². The van der Waals surface area contributed by atoms with Gasteiger partial charge in [0.2, 0.25) is 0 Å². The molecule has 0 aliphatic carbocycles. The maximum Gasteiger partial charge on any atom is 0.0587 e. The van der Waals surface area contributed by atoms with Gasteiger partial charge in [-0.1, -0.05) is 42.8 Å². The number of rotatable bonds is 8. The van der Waals surface area contributed by atoms with E-state index in [1.807, 2.05) is 6.08 Å². The van der Waals surface area contributed by atoms with Crippen molar-refractivity contribution < 1.29 is 4.74 Å². The molecule has 1 rings (SSSR count). The van der Waals surface area contributed by atoms with Gasteiger partial charge >= 0.3 is 0 Å². The second kappa shape index (κ2) is 7.34. The summed E-state index contributed by atoms with van der Waals surface area (Å²) in [6.45, 7) is 10.9. The summed E-state index contributed by atoms with van der Waals surface area (Å²) in [5.41, 5.74) is 2.75. The van der Waals surface area contributed by atoms with Crippen LogP contribution in [0.5, 0.6) is 0 Å². The molecule has 1 aromatic carbocycles. The summed E-state index contributed by atoms with van der Waals surface area (Å²) in [6, 6.07) is 8.73. The van der Waals surface area contributed by atoms with Crippen LogP contribution in [0.25, 0.3) is 0 Å². The van der Waals surface area contributed by atoms with Crippen LogP contribution < -0.4 is 5.32 Å². The number of ether oxygens (including phenoxy) is 1. The molecule has 0 radical (unpaired) electrons. The van der Waals surface area contributed by atoms with Crippen LogP contribution in [0.3, 0.4) is 0 Å². The van der Waals surface area contributed by atoms with Gasteiger partial charge in [-0.2, -0.15) is 0 Å². The summed E-state index contributed by atoms with van der Waals surface area (Å²) in [5.74, 6) is 0. The van der Waals surface area contributed by atoms with Gasteiger partial charge in [0, 0.05) is 25.6 Å². The number of hydrogen-bond donors (Lipinski definition) is 1. The van der Waals surface area contributed by atoms with Crippen LogP contribution in [-0.2, 0) is 11.2 Å². The molecule has 1 N–H and O–H groups in total. The van der Waals surface area contributed by atoms with Crippen molar-refractivity contribution in [2.24, 2.45) is 5.41 Å². The van der Waals surface area contributed by atoms with Gasteiger partial charge in [-0.05, 0) is 18.9 Å². The van der Waals surface area contributed by atoms with Crippen molar-refractivity contribution in [1.29, 1.82) is 0 Å². The van der Waals surface area contributed by atoms with Crippen LogP contribution in [0.15, 0.2) is 36.9 Å². The van der Waals surface area contributed by atoms with Crippen molar-refractivity contribution >= 4 is 0 Å². The fourth-order valence-corrected chi connectivity index (χ4v) is 1.93. The molecule has 0 saturated heterocycles. The Hall–Kier alpha value is -1.12.